The zero-order chi connectivity index (χ0) is 20.9. The molecule has 2 heterocycles. The number of hydrogen-bond acceptors (Lipinski definition) is 6. The maximum atomic E-state index is 13.1. The Balaban J connectivity index is 1.42. The summed E-state index contributed by atoms with van der Waals surface area (Å²) in [7, 11) is 0. The molecule has 0 radical (unpaired) electrons. The van der Waals surface area contributed by atoms with Crippen LogP contribution in [0, 0.1) is 6.92 Å². The lowest BCUT2D eigenvalue weighted by Gasteiger charge is -2.25. The second-order valence-corrected chi connectivity index (χ2v) is 9.04. The van der Waals surface area contributed by atoms with Crippen LogP contribution in [0.3, 0.4) is 0 Å². The monoisotopic (exact) mass is 440 g/mol. The highest BCUT2D eigenvalue weighted by Crippen LogP contribution is 2.34. The van der Waals surface area contributed by atoms with E-state index < -0.39 is 0 Å². The minimum absolute atomic E-state index is 0.0125. The summed E-state index contributed by atoms with van der Waals surface area (Å²) in [6, 6.07) is 13.7. The van der Waals surface area contributed by atoms with Crippen LogP contribution < -0.4 is 9.47 Å². The van der Waals surface area contributed by atoms with Crippen LogP contribution in [0.2, 0.25) is 0 Å². The Morgan fingerprint density at radius 2 is 1.97 bits per heavy atom. The third kappa shape index (κ3) is 4.79. The van der Waals surface area contributed by atoms with Crippen molar-refractivity contribution in [1.82, 2.24) is 9.88 Å². The summed E-state index contributed by atoms with van der Waals surface area (Å²) in [4.78, 5) is 20.5. The molecule has 0 unspecified atom stereocenters. The zero-order valence-corrected chi connectivity index (χ0v) is 18.7. The molecule has 2 aromatic carbocycles. The van der Waals surface area contributed by atoms with Crippen molar-refractivity contribution in [2.45, 2.75) is 31.0 Å². The highest BCUT2D eigenvalue weighted by Gasteiger charge is 2.20. The van der Waals surface area contributed by atoms with Crippen LogP contribution in [0.5, 0.6) is 11.5 Å². The van der Waals surface area contributed by atoms with E-state index in [0.717, 1.165) is 38.4 Å². The first-order valence-electron chi connectivity index (χ1n) is 9.94. The van der Waals surface area contributed by atoms with E-state index >= 15 is 0 Å². The fourth-order valence-electron chi connectivity index (χ4n) is 3.30. The van der Waals surface area contributed by atoms with Gasteiger partial charge in [0.25, 0.3) is 5.91 Å². The van der Waals surface area contributed by atoms with Gasteiger partial charge in [0.1, 0.15) is 13.2 Å². The molecule has 156 valence electrons. The van der Waals surface area contributed by atoms with Crippen LogP contribution >= 0.6 is 23.1 Å². The summed E-state index contributed by atoms with van der Waals surface area (Å²) in [6.07, 6.45) is 0. The topological polar surface area (TPSA) is 51.7 Å². The standard InChI is InChI=1S/C23H24N2O3S2/c1-3-25(13-18-5-4-6-21-22(18)28-12-11-27-21)23(26)17-7-9-20(10-8-17)30-15-19-14-29-16(2)24-19/h4-10,14H,3,11-13,15H2,1-2H3. The van der Waals surface area contributed by atoms with Gasteiger partial charge in [-0.2, -0.15) is 0 Å². The molecule has 0 aliphatic carbocycles. The first-order valence-corrected chi connectivity index (χ1v) is 11.8. The maximum Gasteiger partial charge on any atom is 0.254 e. The number of amides is 1. The molecule has 4 rings (SSSR count). The quantitative estimate of drug-likeness (QED) is 0.474. The van der Waals surface area contributed by atoms with Gasteiger partial charge in [0.2, 0.25) is 0 Å². The molecule has 5 nitrogen and oxygen atoms in total. The molecule has 7 heteroatoms. The number of aryl methyl sites for hydroxylation is 1. The molecule has 30 heavy (non-hydrogen) atoms. The highest BCUT2D eigenvalue weighted by molar-refractivity contribution is 7.98. The SMILES string of the molecule is CCN(Cc1cccc2c1OCCO2)C(=O)c1ccc(SCc2csc(C)n2)cc1. The van der Waals surface area contributed by atoms with Gasteiger partial charge in [-0.15, -0.1) is 23.1 Å². The van der Waals surface area contributed by atoms with Crippen molar-refractivity contribution in [2.24, 2.45) is 0 Å². The molecule has 3 aromatic rings. The highest BCUT2D eigenvalue weighted by atomic mass is 32.2. The van der Waals surface area contributed by atoms with Crippen molar-refractivity contribution in [2.75, 3.05) is 19.8 Å². The van der Waals surface area contributed by atoms with Gasteiger partial charge in [-0.25, -0.2) is 4.98 Å². The zero-order valence-electron chi connectivity index (χ0n) is 17.1. The minimum atomic E-state index is 0.0125. The van der Waals surface area contributed by atoms with E-state index in [1.807, 2.05) is 61.2 Å². The molecule has 0 spiro atoms. The number of hydrogen-bond donors (Lipinski definition) is 0. The summed E-state index contributed by atoms with van der Waals surface area (Å²) in [5.41, 5.74) is 2.75. The number of carbonyl (C=O) groups is 1. The molecule has 1 aromatic heterocycles. The van der Waals surface area contributed by atoms with E-state index in [-0.39, 0.29) is 5.91 Å². The van der Waals surface area contributed by atoms with E-state index in [2.05, 4.69) is 10.4 Å². The van der Waals surface area contributed by atoms with E-state index in [1.54, 1.807) is 23.1 Å². The minimum Gasteiger partial charge on any atom is -0.486 e. The lowest BCUT2D eigenvalue weighted by molar-refractivity contribution is 0.0749. The number of rotatable bonds is 7. The van der Waals surface area contributed by atoms with Crippen molar-refractivity contribution < 1.29 is 14.3 Å². The molecule has 1 aliphatic rings. The summed E-state index contributed by atoms with van der Waals surface area (Å²) >= 11 is 3.40. The number of benzene rings is 2. The fourth-order valence-corrected chi connectivity index (χ4v) is 4.81. The van der Waals surface area contributed by atoms with Crippen LogP contribution in [0.4, 0.5) is 0 Å². The Morgan fingerprint density at radius 1 is 1.17 bits per heavy atom. The number of ether oxygens (including phenoxy) is 2. The predicted octanol–water partition coefficient (Wildman–Crippen LogP) is 5.18. The van der Waals surface area contributed by atoms with Crippen LogP contribution in [0.25, 0.3) is 0 Å². The number of nitrogens with zero attached hydrogens (tertiary/aromatic N) is 2. The molecular formula is C23H24N2O3S2. The summed E-state index contributed by atoms with van der Waals surface area (Å²) in [6.45, 7) is 6.20. The molecule has 0 fully saturated rings. The lowest BCUT2D eigenvalue weighted by atomic mass is 10.1. The molecule has 0 saturated carbocycles. The van der Waals surface area contributed by atoms with Gasteiger partial charge in [0.15, 0.2) is 11.5 Å². The average Bonchev–Trinajstić information content (AvgIpc) is 3.21. The van der Waals surface area contributed by atoms with Gasteiger partial charge in [0, 0.05) is 40.2 Å². The van der Waals surface area contributed by atoms with E-state index in [9.17, 15) is 4.79 Å². The normalized spacial score (nSPS) is 12.6. The number of para-hydroxylation sites is 1. The number of aromatic nitrogens is 1. The van der Waals surface area contributed by atoms with E-state index in [4.69, 9.17) is 9.47 Å². The second-order valence-electron chi connectivity index (χ2n) is 6.93. The van der Waals surface area contributed by atoms with Crippen LogP contribution in [0.1, 0.15) is 33.5 Å². The van der Waals surface area contributed by atoms with Gasteiger partial charge in [-0.05, 0) is 44.2 Å². The molecule has 0 atom stereocenters. The largest absolute Gasteiger partial charge is 0.486 e. The van der Waals surface area contributed by atoms with Gasteiger partial charge >= 0.3 is 0 Å². The number of fused-ring (bicyclic) bond motifs is 1. The number of thioether (sulfide) groups is 1. The molecule has 0 N–H and O–H groups in total. The third-order valence-corrected chi connectivity index (χ3v) is 6.70. The van der Waals surface area contributed by atoms with Crippen molar-refractivity contribution >= 4 is 29.0 Å². The van der Waals surface area contributed by atoms with Crippen molar-refractivity contribution in [1.29, 1.82) is 0 Å². The smallest absolute Gasteiger partial charge is 0.254 e. The summed E-state index contributed by atoms with van der Waals surface area (Å²) in [5.74, 6) is 2.34. The van der Waals surface area contributed by atoms with Crippen LogP contribution in [0.15, 0.2) is 52.7 Å². The summed E-state index contributed by atoms with van der Waals surface area (Å²) < 4.78 is 11.5. The summed E-state index contributed by atoms with van der Waals surface area (Å²) in [5, 5.41) is 3.18. The van der Waals surface area contributed by atoms with Gasteiger partial charge < -0.3 is 14.4 Å². The second kappa shape index (κ2) is 9.53. The lowest BCUT2D eigenvalue weighted by Crippen LogP contribution is -2.30. The predicted molar refractivity (Wildman–Crippen MR) is 121 cm³/mol. The maximum absolute atomic E-state index is 13.1. The van der Waals surface area contributed by atoms with Crippen molar-refractivity contribution in [3.63, 3.8) is 0 Å². The van der Waals surface area contributed by atoms with Gasteiger partial charge in [-0.3, -0.25) is 4.79 Å². The van der Waals surface area contributed by atoms with E-state index in [1.165, 1.54) is 0 Å². The molecule has 1 aliphatic heterocycles. The first kappa shape index (κ1) is 20.8. The average molecular weight is 441 g/mol. The first-order chi connectivity index (χ1) is 14.6. The molecular weight excluding hydrogens is 416 g/mol. The van der Waals surface area contributed by atoms with Gasteiger partial charge in [-0.1, -0.05) is 12.1 Å². The van der Waals surface area contributed by atoms with Gasteiger partial charge in [0.05, 0.1) is 10.7 Å². The fraction of sp³-hybridized carbons (Fsp3) is 0.304. The Morgan fingerprint density at radius 3 is 2.70 bits per heavy atom. The van der Waals surface area contributed by atoms with Crippen LogP contribution in [-0.4, -0.2) is 35.5 Å². The van der Waals surface area contributed by atoms with E-state index in [0.29, 0.717) is 31.9 Å². The van der Waals surface area contributed by atoms with Crippen LogP contribution in [-0.2, 0) is 12.3 Å². The molecule has 1 amide bonds. The Kier molecular flexibility index (Phi) is 6.59. The number of carbonyl (C=O) groups excluding carboxylic acids is 1. The van der Waals surface area contributed by atoms with Crippen molar-refractivity contribution in [3.05, 3.63) is 69.7 Å². The number of thiazole rings is 1. The Hall–Kier alpha value is -2.51. The van der Waals surface area contributed by atoms with Crippen molar-refractivity contribution in [3.8, 4) is 11.5 Å². The Bertz CT molecular complexity index is 1020. The third-order valence-electron chi connectivity index (χ3n) is 4.83. The molecule has 0 saturated heterocycles. The molecule has 0 bridgehead atoms. The Labute approximate surface area is 185 Å².